The van der Waals surface area contributed by atoms with Crippen molar-refractivity contribution in [2.75, 3.05) is 6.54 Å². The number of nitrogens with one attached hydrogen (secondary N) is 1. The number of rotatable bonds is 3. The maximum atomic E-state index is 12.7. The standard InChI is InChI=1S/C14H18ClN3O3S/c15-11-2-1-10(8-18-11)22(20,21)12-7-14(3-4-17-12)5-9(6-14)13(16)19/h1-2,8-9,12,17H,3-7H2,(H2,16,19). The second kappa shape index (κ2) is 5.47. The van der Waals surface area contributed by atoms with Crippen molar-refractivity contribution >= 4 is 27.3 Å². The summed E-state index contributed by atoms with van der Waals surface area (Å²) in [6.45, 7) is 0.621. The van der Waals surface area contributed by atoms with Crippen LogP contribution in [0.3, 0.4) is 0 Å². The molecule has 1 aromatic heterocycles. The average molecular weight is 344 g/mol. The zero-order valence-electron chi connectivity index (χ0n) is 12.0. The van der Waals surface area contributed by atoms with Crippen LogP contribution in [0, 0.1) is 11.3 Å². The summed E-state index contributed by atoms with van der Waals surface area (Å²) < 4.78 is 25.4. The number of carbonyl (C=O) groups is 1. The molecule has 1 aliphatic carbocycles. The highest BCUT2D eigenvalue weighted by Crippen LogP contribution is 2.53. The third kappa shape index (κ3) is 2.73. The van der Waals surface area contributed by atoms with Gasteiger partial charge in [0, 0.05) is 12.1 Å². The van der Waals surface area contributed by atoms with Crippen molar-refractivity contribution in [2.24, 2.45) is 17.1 Å². The number of piperidine rings is 1. The number of pyridine rings is 1. The summed E-state index contributed by atoms with van der Waals surface area (Å²) in [5.41, 5.74) is 5.24. The normalized spacial score (nSPS) is 31.7. The van der Waals surface area contributed by atoms with E-state index in [0.29, 0.717) is 25.8 Å². The van der Waals surface area contributed by atoms with E-state index < -0.39 is 15.2 Å². The number of carbonyl (C=O) groups excluding carboxylic acids is 1. The molecular weight excluding hydrogens is 326 g/mol. The lowest BCUT2D eigenvalue weighted by molar-refractivity contribution is -0.130. The fourth-order valence-corrected chi connectivity index (χ4v) is 5.35. The largest absolute Gasteiger partial charge is 0.369 e. The minimum absolute atomic E-state index is 0.0808. The second-order valence-corrected chi connectivity index (χ2v) is 8.78. The first-order valence-corrected chi connectivity index (χ1v) is 9.13. The van der Waals surface area contributed by atoms with Crippen LogP contribution in [0.15, 0.2) is 23.2 Å². The molecule has 3 rings (SSSR count). The summed E-state index contributed by atoms with van der Waals surface area (Å²) in [5.74, 6) is -0.399. The molecule has 6 nitrogen and oxygen atoms in total. The van der Waals surface area contributed by atoms with E-state index >= 15 is 0 Å². The van der Waals surface area contributed by atoms with Crippen molar-refractivity contribution in [3.63, 3.8) is 0 Å². The maximum absolute atomic E-state index is 12.7. The third-order valence-electron chi connectivity index (χ3n) is 4.81. The van der Waals surface area contributed by atoms with Gasteiger partial charge < -0.3 is 11.1 Å². The molecule has 2 heterocycles. The first-order valence-electron chi connectivity index (χ1n) is 7.21. The van der Waals surface area contributed by atoms with Gasteiger partial charge in [-0.3, -0.25) is 4.79 Å². The van der Waals surface area contributed by atoms with E-state index in [0.717, 1.165) is 6.42 Å². The summed E-state index contributed by atoms with van der Waals surface area (Å²) in [6, 6.07) is 2.94. The van der Waals surface area contributed by atoms with Crippen LogP contribution in [0.2, 0.25) is 5.15 Å². The Hall–Kier alpha value is -1.18. The van der Waals surface area contributed by atoms with Crippen LogP contribution in [-0.2, 0) is 14.6 Å². The molecule has 1 aromatic rings. The molecule has 1 aliphatic heterocycles. The molecule has 0 bridgehead atoms. The van der Waals surface area contributed by atoms with Crippen molar-refractivity contribution in [3.05, 3.63) is 23.5 Å². The van der Waals surface area contributed by atoms with Gasteiger partial charge in [0.1, 0.15) is 10.5 Å². The Morgan fingerprint density at radius 2 is 2.09 bits per heavy atom. The van der Waals surface area contributed by atoms with E-state index in [1.807, 2.05) is 0 Å². The number of nitrogens with zero attached hydrogens (tertiary/aromatic N) is 1. The highest BCUT2D eigenvalue weighted by Gasteiger charge is 2.51. The van der Waals surface area contributed by atoms with Crippen LogP contribution in [0.5, 0.6) is 0 Å². The number of nitrogens with two attached hydrogens (primary N) is 1. The Balaban J connectivity index is 1.77. The lowest BCUT2D eigenvalue weighted by Crippen LogP contribution is -2.54. The smallest absolute Gasteiger partial charge is 0.220 e. The van der Waals surface area contributed by atoms with Crippen LogP contribution in [-0.4, -0.2) is 31.2 Å². The molecule has 1 unspecified atom stereocenters. The second-order valence-electron chi connectivity index (χ2n) is 6.27. The van der Waals surface area contributed by atoms with E-state index in [9.17, 15) is 13.2 Å². The SMILES string of the molecule is NC(=O)C1CC2(CCNC(S(=O)(=O)c3ccc(Cl)nc3)C2)C1. The number of aromatic nitrogens is 1. The molecule has 2 fully saturated rings. The van der Waals surface area contributed by atoms with Crippen molar-refractivity contribution in [3.8, 4) is 0 Å². The third-order valence-corrected chi connectivity index (χ3v) is 7.01. The molecule has 1 amide bonds. The molecule has 2 aliphatic rings. The fourth-order valence-electron chi connectivity index (χ4n) is 3.54. The molecule has 0 radical (unpaired) electrons. The van der Waals surface area contributed by atoms with Gasteiger partial charge in [-0.2, -0.15) is 0 Å². The molecule has 1 atom stereocenters. The van der Waals surface area contributed by atoms with Crippen LogP contribution in [0.1, 0.15) is 25.7 Å². The maximum Gasteiger partial charge on any atom is 0.220 e. The minimum Gasteiger partial charge on any atom is -0.369 e. The number of primary amides is 1. The molecule has 120 valence electrons. The van der Waals surface area contributed by atoms with Crippen molar-refractivity contribution in [2.45, 2.75) is 36.0 Å². The van der Waals surface area contributed by atoms with E-state index in [1.54, 1.807) is 0 Å². The van der Waals surface area contributed by atoms with Gasteiger partial charge in [-0.25, -0.2) is 13.4 Å². The predicted octanol–water partition coefficient (Wildman–Crippen LogP) is 1.10. The van der Waals surface area contributed by atoms with Crippen LogP contribution in [0.4, 0.5) is 0 Å². The molecule has 22 heavy (non-hydrogen) atoms. The Labute approximate surface area is 134 Å². The van der Waals surface area contributed by atoms with Gasteiger partial charge in [0.25, 0.3) is 0 Å². The topological polar surface area (TPSA) is 102 Å². The van der Waals surface area contributed by atoms with Gasteiger partial charge >= 0.3 is 0 Å². The first kappa shape index (κ1) is 15.7. The lowest BCUT2D eigenvalue weighted by Gasteiger charge is -2.51. The van der Waals surface area contributed by atoms with E-state index in [-0.39, 0.29) is 27.3 Å². The van der Waals surface area contributed by atoms with Crippen LogP contribution in [0.25, 0.3) is 0 Å². The fraction of sp³-hybridized carbons (Fsp3) is 0.571. The highest BCUT2D eigenvalue weighted by atomic mass is 35.5. The lowest BCUT2D eigenvalue weighted by atomic mass is 9.57. The zero-order chi connectivity index (χ0) is 16.0. The van der Waals surface area contributed by atoms with Crippen LogP contribution >= 0.6 is 11.6 Å². The van der Waals surface area contributed by atoms with Gasteiger partial charge in [-0.05, 0) is 49.8 Å². The molecule has 0 aromatic carbocycles. The molecular formula is C14H18ClN3O3S. The van der Waals surface area contributed by atoms with Crippen LogP contribution < -0.4 is 11.1 Å². The number of hydrogen-bond donors (Lipinski definition) is 2. The van der Waals surface area contributed by atoms with Crippen molar-refractivity contribution in [1.29, 1.82) is 0 Å². The monoisotopic (exact) mass is 343 g/mol. The Morgan fingerprint density at radius 3 is 2.68 bits per heavy atom. The highest BCUT2D eigenvalue weighted by molar-refractivity contribution is 7.92. The molecule has 1 saturated carbocycles. The number of hydrogen-bond acceptors (Lipinski definition) is 5. The number of amides is 1. The number of sulfone groups is 1. The first-order chi connectivity index (χ1) is 10.3. The quantitative estimate of drug-likeness (QED) is 0.800. The molecule has 1 saturated heterocycles. The van der Waals surface area contributed by atoms with Gasteiger partial charge in [0.05, 0.1) is 4.90 Å². The van der Waals surface area contributed by atoms with Crippen molar-refractivity contribution in [1.82, 2.24) is 10.3 Å². The Bertz CT molecular complexity index is 684. The Morgan fingerprint density at radius 1 is 1.36 bits per heavy atom. The molecule has 1 spiro atoms. The average Bonchev–Trinajstić information content (AvgIpc) is 2.45. The minimum atomic E-state index is -3.51. The number of halogens is 1. The summed E-state index contributed by atoms with van der Waals surface area (Å²) in [5, 5.41) is 2.68. The Kier molecular flexibility index (Phi) is 3.91. The molecule has 3 N–H and O–H groups in total. The summed E-state index contributed by atoms with van der Waals surface area (Å²) >= 11 is 5.70. The van der Waals surface area contributed by atoms with E-state index in [2.05, 4.69) is 10.3 Å². The van der Waals surface area contributed by atoms with Gasteiger partial charge in [0.15, 0.2) is 9.84 Å². The summed E-state index contributed by atoms with van der Waals surface area (Å²) in [4.78, 5) is 15.2. The molecule has 8 heteroatoms. The van der Waals surface area contributed by atoms with Gasteiger partial charge in [-0.1, -0.05) is 11.6 Å². The van der Waals surface area contributed by atoms with E-state index in [1.165, 1.54) is 18.3 Å². The van der Waals surface area contributed by atoms with Gasteiger partial charge in [-0.15, -0.1) is 0 Å². The van der Waals surface area contributed by atoms with E-state index in [4.69, 9.17) is 17.3 Å². The summed E-state index contributed by atoms with van der Waals surface area (Å²) in [7, 11) is -3.51. The van der Waals surface area contributed by atoms with Gasteiger partial charge in [0.2, 0.25) is 5.91 Å². The predicted molar refractivity (Wildman–Crippen MR) is 81.8 cm³/mol. The zero-order valence-corrected chi connectivity index (χ0v) is 13.5. The van der Waals surface area contributed by atoms with Crippen molar-refractivity contribution < 1.29 is 13.2 Å². The summed E-state index contributed by atoms with van der Waals surface area (Å²) in [6.07, 6.45) is 4.04.